The van der Waals surface area contributed by atoms with Gasteiger partial charge in [0.2, 0.25) is 5.91 Å². The molecule has 140 valence electrons. The van der Waals surface area contributed by atoms with Crippen LogP contribution in [-0.2, 0) is 16.1 Å². The molecule has 1 aromatic carbocycles. The number of amides is 2. The van der Waals surface area contributed by atoms with Crippen LogP contribution in [-0.4, -0.2) is 39.5 Å². The SMILES string of the molecule is N#CCSC1=Nc2ccccc2C2=N[C@@H](CC(=O)NCc3ccco3)C(=O)N12. The van der Waals surface area contributed by atoms with Gasteiger partial charge in [-0.1, -0.05) is 23.9 Å². The van der Waals surface area contributed by atoms with Crippen molar-refractivity contribution in [3.05, 3.63) is 54.0 Å². The lowest BCUT2D eigenvalue weighted by molar-refractivity contribution is -0.128. The molecule has 1 atom stereocenters. The van der Waals surface area contributed by atoms with Crippen LogP contribution < -0.4 is 5.32 Å². The number of carbonyl (C=O) groups is 2. The minimum atomic E-state index is -0.828. The number of para-hydroxylation sites is 1. The highest BCUT2D eigenvalue weighted by Gasteiger charge is 2.41. The van der Waals surface area contributed by atoms with Crippen molar-refractivity contribution in [3.63, 3.8) is 0 Å². The number of hydrogen-bond donors (Lipinski definition) is 1. The maximum Gasteiger partial charge on any atom is 0.259 e. The number of amidine groups is 2. The summed E-state index contributed by atoms with van der Waals surface area (Å²) in [6.45, 7) is 0.251. The van der Waals surface area contributed by atoms with Crippen LogP contribution in [0.4, 0.5) is 5.69 Å². The number of aliphatic imine (C=N–C) groups is 2. The highest BCUT2D eigenvalue weighted by Crippen LogP contribution is 2.33. The number of thioether (sulfide) groups is 1. The number of rotatable bonds is 5. The van der Waals surface area contributed by atoms with Crippen LogP contribution >= 0.6 is 11.8 Å². The molecule has 2 aliphatic heterocycles. The van der Waals surface area contributed by atoms with E-state index < -0.39 is 6.04 Å². The Balaban J connectivity index is 1.54. The zero-order chi connectivity index (χ0) is 19.5. The summed E-state index contributed by atoms with van der Waals surface area (Å²) >= 11 is 1.17. The van der Waals surface area contributed by atoms with E-state index in [1.165, 1.54) is 22.9 Å². The zero-order valence-corrected chi connectivity index (χ0v) is 15.5. The van der Waals surface area contributed by atoms with E-state index >= 15 is 0 Å². The minimum Gasteiger partial charge on any atom is -0.467 e. The van der Waals surface area contributed by atoms with Gasteiger partial charge in [-0.3, -0.25) is 14.6 Å². The van der Waals surface area contributed by atoms with Gasteiger partial charge < -0.3 is 9.73 Å². The number of nitrogens with one attached hydrogen (secondary N) is 1. The van der Waals surface area contributed by atoms with E-state index in [1.54, 1.807) is 12.1 Å². The summed E-state index contributed by atoms with van der Waals surface area (Å²) < 4.78 is 5.18. The first-order valence-corrected chi connectivity index (χ1v) is 9.54. The molecule has 3 heterocycles. The van der Waals surface area contributed by atoms with Gasteiger partial charge in [-0.25, -0.2) is 9.89 Å². The molecule has 0 unspecified atom stereocenters. The van der Waals surface area contributed by atoms with Gasteiger partial charge in [-0.05, 0) is 24.3 Å². The quantitative estimate of drug-likeness (QED) is 0.837. The Morgan fingerprint density at radius 2 is 2.18 bits per heavy atom. The number of benzene rings is 1. The summed E-state index contributed by atoms with van der Waals surface area (Å²) in [5.41, 5.74) is 1.42. The number of carbonyl (C=O) groups excluding carboxylic acids is 2. The number of fused-ring (bicyclic) bond motifs is 3. The molecule has 2 amide bonds. The molecule has 8 nitrogen and oxygen atoms in total. The van der Waals surface area contributed by atoms with Gasteiger partial charge in [0.25, 0.3) is 5.91 Å². The number of nitriles is 1. The summed E-state index contributed by atoms with van der Waals surface area (Å²) in [6.07, 6.45) is 1.46. The number of nitrogens with zero attached hydrogens (tertiary/aromatic N) is 4. The van der Waals surface area contributed by atoms with Crippen LogP contribution in [0.1, 0.15) is 17.7 Å². The van der Waals surface area contributed by atoms with Crippen LogP contribution in [0, 0.1) is 11.3 Å². The first-order chi connectivity index (χ1) is 13.7. The van der Waals surface area contributed by atoms with E-state index in [2.05, 4.69) is 15.3 Å². The molecular formula is C19H15N5O3S. The van der Waals surface area contributed by atoms with E-state index in [-0.39, 0.29) is 30.5 Å². The van der Waals surface area contributed by atoms with E-state index in [0.717, 1.165) is 5.56 Å². The van der Waals surface area contributed by atoms with Crippen LogP contribution in [0.3, 0.4) is 0 Å². The van der Waals surface area contributed by atoms with Gasteiger partial charge in [0.1, 0.15) is 17.6 Å². The maximum absolute atomic E-state index is 12.9. The first kappa shape index (κ1) is 18.0. The van der Waals surface area contributed by atoms with E-state index in [1.807, 2.05) is 30.3 Å². The molecule has 9 heteroatoms. The molecule has 1 N–H and O–H groups in total. The van der Waals surface area contributed by atoms with Crippen LogP contribution in [0.5, 0.6) is 0 Å². The molecule has 28 heavy (non-hydrogen) atoms. The Hall–Kier alpha value is -3.38. The summed E-state index contributed by atoms with van der Waals surface area (Å²) in [7, 11) is 0. The minimum absolute atomic E-state index is 0.0715. The molecule has 0 fully saturated rings. The fourth-order valence-corrected chi connectivity index (χ4v) is 3.64. The molecule has 0 spiro atoms. The second-order valence-electron chi connectivity index (χ2n) is 6.06. The molecule has 4 rings (SSSR count). The van der Waals surface area contributed by atoms with Crippen molar-refractivity contribution in [3.8, 4) is 6.07 Å². The van der Waals surface area contributed by atoms with Gasteiger partial charge in [0.15, 0.2) is 5.17 Å². The lowest BCUT2D eigenvalue weighted by Gasteiger charge is -2.25. The molecule has 2 aliphatic rings. The normalized spacial score (nSPS) is 17.3. The van der Waals surface area contributed by atoms with Gasteiger partial charge >= 0.3 is 0 Å². The van der Waals surface area contributed by atoms with Crippen molar-refractivity contribution in [1.29, 1.82) is 5.26 Å². The molecule has 2 aromatic rings. The maximum atomic E-state index is 12.9. The Morgan fingerprint density at radius 1 is 1.32 bits per heavy atom. The molecule has 0 bridgehead atoms. The van der Waals surface area contributed by atoms with Crippen molar-refractivity contribution in [1.82, 2.24) is 10.2 Å². The van der Waals surface area contributed by atoms with Crippen LogP contribution in [0.15, 0.2) is 57.1 Å². The largest absolute Gasteiger partial charge is 0.467 e. The molecule has 0 radical (unpaired) electrons. The van der Waals surface area contributed by atoms with E-state index in [4.69, 9.17) is 9.68 Å². The van der Waals surface area contributed by atoms with Gasteiger partial charge in [-0.15, -0.1) is 0 Å². The third kappa shape index (κ3) is 3.42. The summed E-state index contributed by atoms with van der Waals surface area (Å²) in [6, 6.07) is 12.1. The predicted octanol–water partition coefficient (Wildman–Crippen LogP) is 2.20. The third-order valence-electron chi connectivity index (χ3n) is 4.23. The molecule has 0 saturated carbocycles. The van der Waals surface area contributed by atoms with E-state index in [0.29, 0.717) is 22.5 Å². The summed E-state index contributed by atoms with van der Waals surface area (Å²) in [5, 5.41) is 12.0. The average molecular weight is 393 g/mol. The first-order valence-electron chi connectivity index (χ1n) is 8.56. The Bertz CT molecular complexity index is 1020. The highest BCUT2D eigenvalue weighted by molar-refractivity contribution is 8.14. The Kier molecular flexibility index (Phi) is 4.95. The second kappa shape index (κ2) is 7.70. The predicted molar refractivity (Wildman–Crippen MR) is 104 cm³/mol. The lowest BCUT2D eigenvalue weighted by atomic mass is 10.1. The van der Waals surface area contributed by atoms with Crippen LogP contribution in [0.25, 0.3) is 0 Å². The van der Waals surface area contributed by atoms with Gasteiger partial charge in [-0.2, -0.15) is 5.26 Å². The summed E-state index contributed by atoms with van der Waals surface area (Å²) in [4.78, 5) is 35.6. The fraction of sp³-hybridized carbons (Fsp3) is 0.211. The highest BCUT2D eigenvalue weighted by atomic mass is 32.2. The number of furan rings is 1. The standard InChI is InChI=1S/C19H15N5O3S/c20-7-9-28-19-23-14-6-2-1-5-13(14)17-22-15(18(26)24(17)19)10-16(25)21-11-12-4-3-8-27-12/h1-6,8,15H,9-11H2,(H,21,25)/t15-/m0/s1. The van der Waals surface area contributed by atoms with Crippen LogP contribution in [0.2, 0.25) is 0 Å². The number of hydrogen-bond acceptors (Lipinski definition) is 7. The average Bonchev–Trinajstić information content (AvgIpc) is 3.33. The van der Waals surface area contributed by atoms with Gasteiger partial charge in [0, 0.05) is 5.56 Å². The topological polar surface area (TPSA) is 111 Å². The Morgan fingerprint density at radius 3 is 2.96 bits per heavy atom. The lowest BCUT2D eigenvalue weighted by Crippen LogP contribution is -2.42. The van der Waals surface area contributed by atoms with Crippen molar-refractivity contribution in [2.24, 2.45) is 9.98 Å². The van der Waals surface area contributed by atoms with Gasteiger partial charge in [0.05, 0.1) is 36.7 Å². The molecular weight excluding hydrogens is 378 g/mol. The van der Waals surface area contributed by atoms with Crippen molar-refractivity contribution >= 4 is 40.3 Å². The fourth-order valence-electron chi connectivity index (χ4n) is 2.98. The third-order valence-corrected chi connectivity index (χ3v) is 5.04. The zero-order valence-electron chi connectivity index (χ0n) is 14.7. The molecule has 0 saturated heterocycles. The monoisotopic (exact) mass is 393 g/mol. The molecule has 1 aromatic heterocycles. The van der Waals surface area contributed by atoms with Crippen molar-refractivity contribution in [2.75, 3.05) is 5.75 Å². The molecule has 0 aliphatic carbocycles. The van der Waals surface area contributed by atoms with Crippen molar-refractivity contribution in [2.45, 2.75) is 19.0 Å². The van der Waals surface area contributed by atoms with Crippen molar-refractivity contribution < 1.29 is 14.0 Å². The second-order valence-corrected chi connectivity index (χ2v) is 7.00. The van der Waals surface area contributed by atoms with E-state index in [9.17, 15) is 9.59 Å². The smallest absolute Gasteiger partial charge is 0.259 e. The summed E-state index contributed by atoms with van der Waals surface area (Å²) in [5.74, 6) is 0.648. The Labute approximate surface area is 164 Å².